The molecule has 0 aliphatic rings. The molecule has 6 nitrogen and oxygen atoms in total. The molecular formula is C20H19N3O3S. The summed E-state index contributed by atoms with van der Waals surface area (Å²) in [5, 5.41) is 2.73. The normalized spacial score (nSPS) is 11.0. The monoisotopic (exact) mass is 381 g/mol. The molecular weight excluding hydrogens is 362 g/mol. The molecule has 0 saturated heterocycles. The number of sulfonamides is 1. The van der Waals surface area contributed by atoms with Gasteiger partial charge in [0.1, 0.15) is 0 Å². The van der Waals surface area contributed by atoms with Crippen LogP contribution in [0.3, 0.4) is 0 Å². The van der Waals surface area contributed by atoms with E-state index in [2.05, 4.69) is 10.3 Å². The maximum Gasteiger partial charge on any atom is 0.264 e. The molecule has 0 atom stereocenters. The van der Waals surface area contributed by atoms with E-state index in [0.29, 0.717) is 16.9 Å². The number of nitrogens with zero attached hydrogens (tertiary/aromatic N) is 2. The molecule has 138 valence electrons. The highest BCUT2D eigenvalue weighted by atomic mass is 32.2. The summed E-state index contributed by atoms with van der Waals surface area (Å²) < 4.78 is 26.8. The highest BCUT2D eigenvalue weighted by molar-refractivity contribution is 7.92. The lowest BCUT2D eigenvalue weighted by Crippen LogP contribution is -2.26. The molecule has 0 bridgehead atoms. The first-order valence-electron chi connectivity index (χ1n) is 8.25. The predicted molar refractivity (Wildman–Crippen MR) is 105 cm³/mol. The first-order chi connectivity index (χ1) is 12.9. The second kappa shape index (κ2) is 7.59. The van der Waals surface area contributed by atoms with Gasteiger partial charge in [0.25, 0.3) is 15.9 Å². The third-order valence-corrected chi connectivity index (χ3v) is 5.87. The number of carbonyl (C=O) groups excluding carboxylic acids is 1. The molecule has 2 aromatic carbocycles. The molecule has 0 unspecified atom stereocenters. The number of aromatic nitrogens is 1. The van der Waals surface area contributed by atoms with Crippen LogP contribution in [0.5, 0.6) is 0 Å². The van der Waals surface area contributed by atoms with Crippen LogP contribution in [0, 0.1) is 6.92 Å². The smallest absolute Gasteiger partial charge is 0.264 e. The fraction of sp³-hybridized carbons (Fsp3) is 0.100. The van der Waals surface area contributed by atoms with Gasteiger partial charge in [0.2, 0.25) is 0 Å². The van der Waals surface area contributed by atoms with Crippen molar-refractivity contribution in [2.45, 2.75) is 11.8 Å². The van der Waals surface area contributed by atoms with E-state index in [1.165, 1.54) is 23.6 Å². The zero-order chi connectivity index (χ0) is 19.4. The van der Waals surface area contributed by atoms with Gasteiger partial charge in [0, 0.05) is 18.8 Å². The minimum Gasteiger partial charge on any atom is -0.321 e. The van der Waals surface area contributed by atoms with Crippen molar-refractivity contribution in [3.63, 3.8) is 0 Å². The number of carbonyl (C=O) groups is 1. The number of nitrogens with one attached hydrogen (secondary N) is 1. The molecule has 0 aliphatic heterocycles. The van der Waals surface area contributed by atoms with Gasteiger partial charge < -0.3 is 5.32 Å². The lowest BCUT2D eigenvalue weighted by molar-refractivity contribution is 0.102. The molecule has 7 heteroatoms. The molecule has 0 saturated carbocycles. The summed E-state index contributed by atoms with van der Waals surface area (Å²) in [7, 11) is -2.25. The molecule has 0 fully saturated rings. The minimum absolute atomic E-state index is 0.195. The number of benzene rings is 2. The molecule has 3 rings (SSSR count). The van der Waals surface area contributed by atoms with E-state index in [1.807, 2.05) is 6.92 Å². The fourth-order valence-corrected chi connectivity index (χ4v) is 3.68. The van der Waals surface area contributed by atoms with E-state index in [4.69, 9.17) is 0 Å². The van der Waals surface area contributed by atoms with Gasteiger partial charge >= 0.3 is 0 Å². The van der Waals surface area contributed by atoms with Crippen LogP contribution < -0.4 is 9.62 Å². The Labute approximate surface area is 158 Å². The number of hydrogen-bond acceptors (Lipinski definition) is 4. The summed E-state index contributed by atoms with van der Waals surface area (Å²) >= 11 is 0. The Hall–Kier alpha value is -3.19. The second-order valence-electron chi connectivity index (χ2n) is 6.03. The third-order valence-electron chi connectivity index (χ3n) is 4.07. The van der Waals surface area contributed by atoms with E-state index in [-0.39, 0.29) is 10.8 Å². The van der Waals surface area contributed by atoms with Gasteiger partial charge in [-0.25, -0.2) is 8.42 Å². The first kappa shape index (κ1) is 18.6. The molecule has 27 heavy (non-hydrogen) atoms. The summed E-state index contributed by atoms with van der Waals surface area (Å²) in [5.41, 5.74) is 2.29. The summed E-state index contributed by atoms with van der Waals surface area (Å²) in [6, 6.07) is 16.5. The van der Waals surface area contributed by atoms with Crippen LogP contribution in [0.2, 0.25) is 0 Å². The topological polar surface area (TPSA) is 79.4 Å². The van der Waals surface area contributed by atoms with E-state index in [0.717, 1.165) is 5.56 Å². The fourth-order valence-electron chi connectivity index (χ4n) is 2.49. The summed E-state index contributed by atoms with van der Waals surface area (Å²) in [6.45, 7) is 1.89. The van der Waals surface area contributed by atoms with Gasteiger partial charge in [-0.05, 0) is 49.4 Å². The molecule has 0 radical (unpaired) electrons. The summed E-state index contributed by atoms with van der Waals surface area (Å²) in [4.78, 5) is 16.6. The molecule has 1 amide bonds. The van der Waals surface area contributed by atoms with Gasteiger partial charge in [0.05, 0.1) is 22.5 Å². The van der Waals surface area contributed by atoms with Crippen LogP contribution in [0.1, 0.15) is 15.9 Å². The van der Waals surface area contributed by atoms with Crippen molar-refractivity contribution in [2.24, 2.45) is 0 Å². The summed E-state index contributed by atoms with van der Waals surface area (Å²) in [5.74, 6) is -0.342. The van der Waals surface area contributed by atoms with E-state index in [1.54, 1.807) is 60.8 Å². The van der Waals surface area contributed by atoms with Crippen LogP contribution in [-0.2, 0) is 10.0 Å². The van der Waals surface area contributed by atoms with Gasteiger partial charge in [-0.15, -0.1) is 0 Å². The van der Waals surface area contributed by atoms with Crippen LogP contribution in [-0.4, -0.2) is 26.4 Å². The Bertz CT molecular complexity index is 1050. The van der Waals surface area contributed by atoms with Crippen LogP contribution in [0.25, 0.3) is 0 Å². The van der Waals surface area contributed by atoms with Crippen molar-refractivity contribution in [1.29, 1.82) is 0 Å². The Morgan fingerprint density at radius 2 is 1.78 bits per heavy atom. The molecule has 1 heterocycles. The number of anilines is 2. The Balaban J connectivity index is 1.86. The third kappa shape index (κ3) is 4.15. The van der Waals surface area contributed by atoms with Crippen molar-refractivity contribution < 1.29 is 13.2 Å². The number of rotatable bonds is 5. The van der Waals surface area contributed by atoms with Crippen LogP contribution in [0.4, 0.5) is 11.4 Å². The molecule has 0 aliphatic carbocycles. The quantitative estimate of drug-likeness (QED) is 0.734. The Kier molecular flexibility index (Phi) is 5.23. The minimum atomic E-state index is -3.72. The number of pyridine rings is 1. The average Bonchev–Trinajstić information content (AvgIpc) is 2.68. The van der Waals surface area contributed by atoms with Gasteiger partial charge in [0.15, 0.2) is 0 Å². The second-order valence-corrected chi connectivity index (χ2v) is 8.00. The highest BCUT2D eigenvalue weighted by Gasteiger charge is 2.21. The molecule has 1 aromatic heterocycles. The lowest BCUT2D eigenvalue weighted by atomic mass is 10.2. The maximum absolute atomic E-state index is 12.8. The highest BCUT2D eigenvalue weighted by Crippen LogP contribution is 2.23. The molecule has 0 spiro atoms. The standard InChI is InChI=1S/C20H19N3O3S/c1-15-8-10-19(11-9-15)27(25,26)23(2)18-7-3-5-16(13-18)20(24)22-17-6-4-12-21-14-17/h3-14H,1-2H3,(H,22,24). The Morgan fingerprint density at radius 1 is 1.04 bits per heavy atom. The number of aryl methyl sites for hydroxylation is 1. The van der Waals surface area contributed by atoms with E-state index in [9.17, 15) is 13.2 Å². The van der Waals surface area contributed by atoms with E-state index >= 15 is 0 Å². The lowest BCUT2D eigenvalue weighted by Gasteiger charge is -2.20. The van der Waals surface area contributed by atoms with Gasteiger partial charge in [-0.1, -0.05) is 23.8 Å². The molecule has 1 N–H and O–H groups in total. The zero-order valence-electron chi connectivity index (χ0n) is 15.0. The SMILES string of the molecule is Cc1ccc(S(=O)(=O)N(C)c2cccc(C(=O)Nc3cccnc3)c2)cc1. The zero-order valence-corrected chi connectivity index (χ0v) is 15.8. The van der Waals surface area contributed by atoms with Gasteiger partial charge in [-0.2, -0.15) is 0 Å². The van der Waals surface area contributed by atoms with E-state index < -0.39 is 10.0 Å². The largest absolute Gasteiger partial charge is 0.321 e. The van der Waals surface area contributed by atoms with Crippen molar-refractivity contribution in [2.75, 3.05) is 16.7 Å². The Morgan fingerprint density at radius 3 is 2.44 bits per heavy atom. The van der Waals surface area contributed by atoms with Crippen LogP contribution >= 0.6 is 0 Å². The maximum atomic E-state index is 12.8. The van der Waals surface area contributed by atoms with Crippen molar-refractivity contribution in [3.8, 4) is 0 Å². The molecule has 3 aromatic rings. The van der Waals surface area contributed by atoms with Crippen LogP contribution in [0.15, 0.2) is 78.0 Å². The number of hydrogen-bond donors (Lipinski definition) is 1. The average molecular weight is 381 g/mol. The summed E-state index contributed by atoms with van der Waals surface area (Å²) in [6.07, 6.45) is 3.15. The van der Waals surface area contributed by atoms with Crippen molar-refractivity contribution in [1.82, 2.24) is 4.98 Å². The van der Waals surface area contributed by atoms with Crippen molar-refractivity contribution >= 4 is 27.3 Å². The van der Waals surface area contributed by atoms with Gasteiger partial charge in [-0.3, -0.25) is 14.1 Å². The predicted octanol–water partition coefficient (Wildman–Crippen LogP) is 3.47. The first-order valence-corrected chi connectivity index (χ1v) is 9.69. The van der Waals surface area contributed by atoms with Crippen molar-refractivity contribution in [3.05, 3.63) is 84.2 Å². The number of amides is 1.